The van der Waals surface area contributed by atoms with Crippen LogP contribution in [-0.2, 0) is 9.59 Å². The minimum Gasteiger partial charge on any atom is -0.481 e. The Labute approximate surface area is 105 Å². The van der Waals surface area contributed by atoms with Crippen molar-refractivity contribution in [1.29, 1.82) is 0 Å². The quantitative estimate of drug-likeness (QED) is 0.804. The summed E-state index contributed by atoms with van der Waals surface area (Å²) in [5, 5.41) is 15.3. The van der Waals surface area contributed by atoms with Crippen LogP contribution in [0, 0.1) is 25.2 Å². The highest BCUT2D eigenvalue weighted by molar-refractivity contribution is 6.04. The summed E-state index contributed by atoms with van der Waals surface area (Å²) in [7, 11) is 0. The molecule has 0 aliphatic rings. The molecule has 1 unspecified atom stereocenters. The maximum absolute atomic E-state index is 12.0. The molecule has 0 saturated heterocycles. The Bertz CT molecular complexity index is 471. The van der Waals surface area contributed by atoms with Gasteiger partial charge in [0.2, 0.25) is 11.8 Å². The first kappa shape index (κ1) is 14.2. The van der Waals surface area contributed by atoms with Crippen molar-refractivity contribution in [1.82, 2.24) is 5.16 Å². The van der Waals surface area contributed by atoms with Crippen molar-refractivity contribution in [3.8, 4) is 0 Å². The number of amides is 1. The zero-order chi connectivity index (χ0) is 14.1. The maximum Gasteiger partial charge on any atom is 0.316 e. The lowest BCUT2D eigenvalue weighted by Gasteiger charge is -2.25. The van der Waals surface area contributed by atoms with Crippen LogP contribution in [0.25, 0.3) is 0 Å². The molecule has 6 nitrogen and oxygen atoms in total. The van der Waals surface area contributed by atoms with E-state index in [9.17, 15) is 9.59 Å². The molecule has 1 rings (SSSR count). The number of carboxylic acid groups (broad SMARTS) is 1. The van der Waals surface area contributed by atoms with E-state index in [1.54, 1.807) is 34.6 Å². The molecule has 0 aliphatic carbocycles. The van der Waals surface area contributed by atoms with E-state index >= 15 is 0 Å². The minimum absolute atomic E-state index is 0.202. The summed E-state index contributed by atoms with van der Waals surface area (Å²) in [6, 6.07) is 0. The van der Waals surface area contributed by atoms with Gasteiger partial charge in [0.05, 0.1) is 5.69 Å². The SMILES string of the molecule is Cc1noc(NC(=O)C(C(=O)O)C(C)(C)C)c1C. The minimum atomic E-state index is -1.16. The van der Waals surface area contributed by atoms with E-state index in [1.165, 1.54) is 0 Å². The van der Waals surface area contributed by atoms with Crippen molar-refractivity contribution in [2.75, 3.05) is 5.32 Å². The van der Waals surface area contributed by atoms with Crippen molar-refractivity contribution in [3.05, 3.63) is 11.3 Å². The van der Waals surface area contributed by atoms with Crippen molar-refractivity contribution < 1.29 is 19.2 Å². The summed E-state index contributed by atoms with van der Waals surface area (Å²) in [5.74, 6) is -2.71. The standard InChI is InChI=1S/C12H18N2O4/c1-6-7(2)14-18-10(6)13-9(15)8(11(16)17)12(3,4)5/h8H,1-5H3,(H,13,15)(H,16,17). The van der Waals surface area contributed by atoms with E-state index < -0.39 is 23.2 Å². The van der Waals surface area contributed by atoms with Crippen LogP contribution >= 0.6 is 0 Å². The van der Waals surface area contributed by atoms with Crippen LogP contribution in [-0.4, -0.2) is 22.1 Å². The average molecular weight is 254 g/mol. The molecule has 0 fully saturated rings. The Morgan fingerprint density at radius 2 is 1.89 bits per heavy atom. The van der Waals surface area contributed by atoms with Gasteiger partial charge >= 0.3 is 5.97 Å². The van der Waals surface area contributed by atoms with Crippen LogP contribution in [0.1, 0.15) is 32.0 Å². The molecular weight excluding hydrogens is 236 g/mol. The van der Waals surface area contributed by atoms with Gasteiger partial charge in [-0.25, -0.2) is 0 Å². The molecule has 0 spiro atoms. The summed E-state index contributed by atoms with van der Waals surface area (Å²) >= 11 is 0. The van der Waals surface area contributed by atoms with Gasteiger partial charge in [-0.2, -0.15) is 0 Å². The van der Waals surface area contributed by atoms with Crippen LogP contribution in [0.5, 0.6) is 0 Å². The van der Waals surface area contributed by atoms with Gasteiger partial charge in [-0.05, 0) is 19.3 Å². The van der Waals surface area contributed by atoms with Crippen LogP contribution in [0.15, 0.2) is 4.52 Å². The predicted molar refractivity (Wildman–Crippen MR) is 65.2 cm³/mol. The number of aromatic nitrogens is 1. The van der Waals surface area contributed by atoms with Gasteiger partial charge in [0.15, 0.2) is 0 Å². The van der Waals surface area contributed by atoms with Gasteiger partial charge in [0, 0.05) is 5.56 Å². The highest BCUT2D eigenvalue weighted by Gasteiger charge is 2.38. The van der Waals surface area contributed by atoms with Gasteiger partial charge in [-0.15, -0.1) is 0 Å². The molecule has 0 saturated carbocycles. The molecule has 6 heteroatoms. The molecule has 0 aliphatic heterocycles. The highest BCUT2D eigenvalue weighted by atomic mass is 16.5. The summed E-state index contributed by atoms with van der Waals surface area (Å²) in [4.78, 5) is 23.1. The highest BCUT2D eigenvalue weighted by Crippen LogP contribution is 2.28. The number of rotatable bonds is 3. The smallest absolute Gasteiger partial charge is 0.316 e. The number of anilines is 1. The molecule has 100 valence electrons. The first-order valence-electron chi connectivity index (χ1n) is 5.61. The Balaban J connectivity index is 2.93. The number of carbonyl (C=O) groups is 2. The van der Waals surface area contributed by atoms with E-state index in [-0.39, 0.29) is 5.88 Å². The van der Waals surface area contributed by atoms with E-state index in [4.69, 9.17) is 9.63 Å². The Morgan fingerprint density at radius 1 is 1.33 bits per heavy atom. The number of carboxylic acids is 1. The maximum atomic E-state index is 12.0. The Kier molecular flexibility index (Phi) is 3.79. The Morgan fingerprint density at radius 3 is 2.22 bits per heavy atom. The summed E-state index contributed by atoms with van der Waals surface area (Å²) in [5.41, 5.74) is 0.674. The molecule has 18 heavy (non-hydrogen) atoms. The molecule has 2 N–H and O–H groups in total. The average Bonchev–Trinajstić information content (AvgIpc) is 2.46. The molecule has 1 heterocycles. The number of aliphatic carboxylic acids is 1. The molecule has 0 aromatic carbocycles. The van der Waals surface area contributed by atoms with E-state index in [1.807, 2.05) is 0 Å². The Hall–Kier alpha value is -1.85. The van der Waals surface area contributed by atoms with Crippen LogP contribution < -0.4 is 5.32 Å². The zero-order valence-electron chi connectivity index (χ0n) is 11.2. The fourth-order valence-corrected chi connectivity index (χ4v) is 1.59. The lowest BCUT2D eigenvalue weighted by molar-refractivity contribution is -0.149. The van der Waals surface area contributed by atoms with Gasteiger partial charge in [-0.3, -0.25) is 14.9 Å². The number of nitrogens with zero attached hydrogens (tertiary/aromatic N) is 1. The molecule has 1 aromatic rings. The summed E-state index contributed by atoms with van der Waals surface area (Å²) in [6.45, 7) is 8.58. The second-order valence-corrected chi connectivity index (χ2v) is 5.35. The van der Waals surface area contributed by atoms with Gasteiger partial charge < -0.3 is 9.63 Å². The van der Waals surface area contributed by atoms with Crippen LogP contribution in [0.4, 0.5) is 5.88 Å². The zero-order valence-corrected chi connectivity index (χ0v) is 11.2. The summed E-state index contributed by atoms with van der Waals surface area (Å²) in [6.07, 6.45) is 0. The molecule has 0 radical (unpaired) electrons. The normalized spacial score (nSPS) is 13.2. The first-order chi connectivity index (χ1) is 8.14. The lowest BCUT2D eigenvalue weighted by atomic mass is 9.80. The van der Waals surface area contributed by atoms with Crippen LogP contribution in [0.2, 0.25) is 0 Å². The second kappa shape index (κ2) is 4.80. The number of carbonyl (C=O) groups excluding carboxylic acids is 1. The third kappa shape index (κ3) is 2.88. The van der Waals surface area contributed by atoms with Gasteiger partial charge in [0.25, 0.3) is 0 Å². The molecule has 1 atom stereocenters. The van der Waals surface area contributed by atoms with Gasteiger partial charge in [-0.1, -0.05) is 25.9 Å². The van der Waals surface area contributed by atoms with Gasteiger partial charge in [0.1, 0.15) is 5.92 Å². The third-order valence-electron chi connectivity index (χ3n) is 2.77. The third-order valence-corrected chi connectivity index (χ3v) is 2.77. The van der Waals surface area contributed by atoms with Crippen molar-refractivity contribution in [3.63, 3.8) is 0 Å². The summed E-state index contributed by atoms with van der Waals surface area (Å²) < 4.78 is 4.93. The topological polar surface area (TPSA) is 92.4 Å². The predicted octanol–water partition coefficient (Wildman–Crippen LogP) is 1.98. The molecule has 1 aromatic heterocycles. The number of hydrogen-bond donors (Lipinski definition) is 2. The molecule has 1 amide bonds. The van der Waals surface area contributed by atoms with Crippen LogP contribution in [0.3, 0.4) is 0 Å². The van der Waals surface area contributed by atoms with Crippen molar-refractivity contribution in [2.24, 2.45) is 11.3 Å². The largest absolute Gasteiger partial charge is 0.481 e. The van der Waals surface area contributed by atoms with Crippen molar-refractivity contribution >= 4 is 17.8 Å². The second-order valence-electron chi connectivity index (χ2n) is 5.35. The fourth-order valence-electron chi connectivity index (χ4n) is 1.59. The number of hydrogen-bond acceptors (Lipinski definition) is 4. The van der Waals surface area contributed by atoms with Crippen molar-refractivity contribution in [2.45, 2.75) is 34.6 Å². The first-order valence-corrected chi connectivity index (χ1v) is 5.61. The fraction of sp³-hybridized carbons (Fsp3) is 0.583. The van der Waals surface area contributed by atoms with E-state index in [0.29, 0.717) is 11.3 Å². The number of aryl methyl sites for hydroxylation is 1. The lowest BCUT2D eigenvalue weighted by Crippen LogP contribution is -2.39. The van der Waals surface area contributed by atoms with E-state index in [0.717, 1.165) is 0 Å². The molecule has 0 bridgehead atoms. The van der Waals surface area contributed by atoms with E-state index in [2.05, 4.69) is 10.5 Å². The number of nitrogens with one attached hydrogen (secondary N) is 1. The molecular formula is C12H18N2O4. The monoisotopic (exact) mass is 254 g/mol.